The lowest BCUT2D eigenvalue weighted by molar-refractivity contribution is -0.147. The van der Waals surface area contributed by atoms with E-state index in [0.717, 1.165) is 0 Å². The predicted molar refractivity (Wildman–Crippen MR) is 107 cm³/mol. The first kappa shape index (κ1) is 23.5. The van der Waals surface area contributed by atoms with Crippen molar-refractivity contribution in [2.45, 2.75) is 75.5 Å². The lowest BCUT2D eigenvalue weighted by Gasteiger charge is -2.34. The third-order valence-corrected chi connectivity index (χ3v) is 6.20. The second kappa shape index (κ2) is 9.96. The molecule has 3 rings (SSSR count). The van der Waals surface area contributed by atoms with E-state index < -0.39 is 59.7 Å². The molecule has 1 unspecified atom stereocenters. The molecule has 0 bridgehead atoms. The molecule has 3 saturated heterocycles. The monoisotopic (exact) mass is 452 g/mol. The first-order valence-electron chi connectivity index (χ1n) is 10.8. The third kappa shape index (κ3) is 5.17. The Labute approximate surface area is 184 Å². The Balaban J connectivity index is 1.93. The second-order valence-electron chi connectivity index (χ2n) is 8.37. The fourth-order valence-corrected chi connectivity index (χ4v) is 4.59. The summed E-state index contributed by atoms with van der Waals surface area (Å²) in [7, 11) is 0. The number of rotatable bonds is 6. The average molecular weight is 452 g/mol. The SMILES string of the molecule is O=C(O)CC[C@@H]1NC(=O)[C@@H]2CCCN2C(=O)[C@H](CCC(=O)O)NC(=O)C2CCCN2C1=O. The van der Waals surface area contributed by atoms with E-state index in [-0.39, 0.29) is 38.8 Å². The zero-order chi connectivity index (χ0) is 23.4. The number of carbonyl (C=O) groups is 6. The molecule has 176 valence electrons. The highest BCUT2D eigenvalue weighted by atomic mass is 16.4. The highest BCUT2D eigenvalue weighted by Gasteiger charge is 2.43. The summed E-state index contributed by atoms with van der Waals surface area (Å²) in [4.78, 5) is 77.1. The Morgan fingerprint density at radius 1 is 0.750 bits per heavy atom. The summed E-state index contributed by atoms with van der Waals surface area (Å²) in [5, 5.41) is 23.3. The van der Waals surface area contributed by atoms with Gasteiger partial charge in [0.25, 0.3) is 0 Å². The molecule has 0 saturated carbocycles. The fourth-order valence-electron chi connectivity index (χ4n) is 4.59. The first-order chi connectivity index (χ1) is 15.2. The van der Waals surface area contributed by atoms with Gasteiger partial charge in [-0.3, -0.25) is 28.8 Å². The Morgan fingerprint density at radius 3 is 1.47 bits per heavy atom. The first-order valence-corrected chi connectivity index (χ1v) is 10.8. The van der Waals surface area contributed by atoms with Gasteiger partial charge in [-0.1, -0.05) is 0 Å². The van der Waals surface area contributed by atoms with Crippen molar-refractivity contribution >= 4 is 35.6 Å². The summed E-state index contributed by atoms with van der Waals surface area (Å²) in [6, 6.07) is -3.99. The summed E-state index contributed by atoms with van der Waals surface area (Å²) >= 11 is 0. The van der Waals surface area contributed by atoms with Gasteiger partial charge in [-0.2, -0.15) is 0 Å². The number of aliphatic carboxylic acids is 2. The number of hydrogen-bond donors (Lipinski definition) is 4. The molecule has 3 aliphatic heterocycles. The maximum atomic E-state index is 13.2. The van der Waals surface area contributed by atoms with Crippen molar-refractivity contribution in [3.8, 4) is 0 Å². The molecule has 3 fully saturated rings. The minimum atomic E-state index is -1.12. The van der Waals surface area contributed by atoms with Crippen LogP contribution in [0, 0.1) is 0 Å². The van der Waals surface area contributed by atoms with Gasteiger partial charge < -0.3 is 30.6 Å². The second-order valence-corrected chi connectivity index (χ2v) is 8.37. The number of nitrogens with one attached hydrogen (secondary N) is 2. The molecule has 0 aromatic heterocycles. The average Bonchev–Trinajstić information content (AvgIpc) is 3.41. The van der Waals surface area contributed by atoms with Crippen molar-refractivity contribution in [2.24, 2.45) is 0 Å². The van der Waals surface area contributed by atoms with Crippen LogP contribution in [-0.2, 0) is 28.8 Å². The Morgan fingerprint density at radius 2 is 1.12 bits per heavy atom. The number of carbonyl (C=O) groups excluding carboxylic acids is 4. The molecular formula is C20H28N4O8. The predicted octanol–water partition coefficient (Wildman–Crippen LogP) is -1.32. The molecule has 0 aromatic carbocycles. The number of nitrogens with zero attached hydrogens (tertiary/aromatic N) is 2. The van der Waals surface area contributed by atoms with Gasteiger partial charge in [0, 0.05) is 25.9 Å². The summed E-state index contributed by atoms with van der Waals surface area (Å²) < 4.78 is 0. The lowest BCUT2D eigenvalue weighted by atomic mass is 10.0. The standard InChI is InChI=1S/C20H28N4O8/c25-15(26)7-5-11-19(31)23-9-1-3-13(23)17(29)21-12(6-8-16(27)28)20(32)24-10-2-4-14(24)18(30)22-11/h11-14H,1-10H2,(H,21,29)(H,22,30)(H,25,26)(H,27,28)/t11-,12-,13-,14?/m0/s1. The van der Waals surface area contributed by atoms with E-state index in [9.17, 15) is 28.8 Å². The van der Waals surface area contributed by atoms with Crippen LogP contribution in [0.3, 0.4) is 0 Å². The zero-order valence-electron chi connectivity index (χ0n) is 17.6. The van der Waals surface area contributed by atoms with Crippen LogP contribution in [0.5, 0.6) is 0 Å². The molecule has 0 aromatic rings. The third-order valence-electron chi connectivity index (χ3n) is 6.20. The van der Waals surface area contributed by atoms with Crippen LogP contribution in [-0.4, -0.2) is 92.8 Å². The maximum Gasteiger partial charge on any atom is 0.303 e. The molecular weight excluding hydrogens is 424 g/mol. The molecule has 0 aliphatic carbocycles. The van der Waals surface area contributed by atoms with Gasteiger partial charge in [0.15, 0.2) is 0 Å². The summed E-state index contributed by atoms with van der Waals surface area (Å²) in [5.74, 6) is -4.41. The van der Waals surface area contributed by atoms with Crippen molar-refractivity contribution in [3.05, 3.63) is 0 Å². The van der Waals surface area contributed by atoms with Gasteiger partial charge in [0.05, 0.1) is 0 Å². The number of carboxylic acids is 2. The van der Waals surface area contributed by atoms with E-state index in [1.165, 1.54) is 9.80 Å². The number of fused-ring (bicyclic) bond motifs is 2. The summed E-state index contributed by atoms with van der Waals surface area (Å²) in [6.45, 7) is 0.527. The van der Waals surface area contributed by atoms with Crippen LogP contribution in [0.25, 0.3) is 0 Å². The molecule has 4 N–H and O–H groups in total. The highest BCUT2D eigenvalue weighted by molar-refractivity contribution is 5.98. The normalized spacial score (nSPS) is 28.9. The Hall–Kier alpha value is -3.18. The van der Waals surface area contributed by atoms with Crippen molar-refractivity contribution in [1.82, 2.24) is 20.4 Å². The largest absolute Gasteiger partial charge is 0.481 e. The maximum absolute atomic E-state index is 13.2. The van der Waals surface area contributed by atoms with E-state index in [1.54, 1.807) is 0 Å². The molecule has 12 nitrogen and oxygen atoms in total. The topological polar surface area (TPSA) is 173 Å². The van der Waals surface area contributed by atoms with Crippen LogP contribution in [0.4, 0.5) is 0 Å². The van der Waals surface area contributed by atoms with Crippen molar-refractivity contribution < 1.29 is 39.0 Å². The summed E-state index contributed by atoms with van der Waals surface area (Å²) in [5.41, 5.74) is 0. The van der Waals surface area contributed by atoms with Crippen molar-refractivity contribution in [3.63, 3.8) is 0 Å². The minimum Gasteiger partial charge on any atom is -0.481 e. The molecule has 4 amide bonds. The molecule has 3 heterocycles. The number of hydrogen-bond acceptors (Lipinski definition) is 6. The molecule has 0 radical (unpaired) electrons. The lowest BCUT2D eigenvalue weighted by Crippen LogP contribution is -2.61. The quantitative estimate of drug-likeness (QED) is 0.384. The molecule has 0 spiro atoms. The van der Waals surface area contributed by atoms with Crippen LogP contribution >= 0.6 is 0 Å². The van der Waals surface area contributed by atoms with E-state index >= 15 is 0 Å². The summed E-state index contributed by atoms with van der Waals surface area (Å²) in [6.07, 6.45) is 0.821. The fraction of sp³-hybridized carbons (Fsp3) is 0.700. The van der Waals surface area contributed by atoms with E-state index in [4.69, 9.17) is 10.2 Å². The van der Waals surface area contributed by atoms with E-state index in [2.05, 4.69) is 10.6 Å². The molecule has 32 heavy (non-hydrogen) atoms. The van der Waals surface area contributed by atoms with Crippen LogP contribution in [0.2, 0.25) is 0 Å². The highest BCUT2D eigenvalue weighted by Crippen LogP contribution is 2.24. The van der Waals surface area contributed by atoms with Gasteiger partial charge in [-0.15, -0.1) is 0 Å². The Bertz CT molecular complexity index is 749. The molecule has 3 aliphatic rings. The van der Waals surface area contributed by atoms with Gasteiger partial charge in [0.2, 0.25) is 23.6 Å². The van der Waals surface area contributed by atoms with E-state index in [0.29, 0.717) is 25.7 Å². The zero-order valence-corrected chi connectivity index (χ0v) is 17.6. The van der Waals surface area contributed by atoms with Crippen LogP contribution in [0.1, 0.15) is 51.4 Å². The van der Waals surface area contributed by atoms with Gasteiger partial charge in [-0.25, -0.2) is 0 Å². The minimum absolute atomic E-state index is 0.132. The molecule has 4 atom stereocenters. The van der Waals surface area contributed by atoms with Crippen LogP contribution in [0.15, 0.2) is 0 Å². The number of carboxylic acid groups (broad SMARTS) is 2. The van der Waals surface area contributed by atoms with Crippen molar-refractivity contribution in [2.75, 3.05) is 13.1 Å². The smallest absolute Gasteiger partial charge is 0.303 e. The van der Waals surface area contributed by atoms with Crippen LogP contribution < -0.4 is 10.6 Å². The van der Waals surface area contributed by atoms with Crippen molar-refractivity contribution in [1.29, 1.82) is 0 Å². The van der Waals surface area contributed by atoms with Gasteiger partial charge >= 0.3 is 11.9 Å². The van der Waals surface area contributed by atoms with Gasteiger partial charge in [0.1, 0.15) is 24.2 Å². The number of amides is 4. The van der Waals surface area contributed by atoms with Gasteiger partial charge in [-0.05, 0) is 38.5 Å². The Kier molecular flexibility index (Phi) is 7.31. The van der Waals surface area contributed by atoms with E-state index in [1.807, 2.05) is 0 Å². The molecule has 12 heteroatoms.